The van der Waals surface area contributed by atoms with E-state index >= 15 is 0 Å². The summed E-state index contributed by atoms with van der Waals surface area (Å²) in [4.78, 5) is 0. The Morgan fingerprint density at radius 1 is 0.958 bits per heavy atom. The molecule has 1 unspecified atom stereocenters. The molecule has 1 aliphatic carbocycles. The van der Waals surface area contributed by atoms with Crippen molar-refractivity contribution in [1.29, 1.82) is 0 Å². The van der Waals surface area contributed by atoms with Crippen molar-refractivity contribution in [2.45, 2.75) is 102 Å². The van der Waals surface area contributed by atoms with Gasteiger partial charge in [-0.15, -0.1) is 0 Å². The average molecular weight is 357 g/mol. The first kappa shape index (κ1) is 21.4. The lowest BCUT2D eigenvalue weighted by atomic mass is 9.88. The minimum absolute atomic E-state index is 0.414. The van der Waals surface area contributed by atoms with E-state index in [4.69, 9.17) is 0 Å². The van der Waals surface area contributed by atoms with Crippen LogP contribution in [0.15, 0.2) is 23.8 Å². The average Bonchev–Trinajstić information content (AvgIpc) is 2.55. The second kappa shape index (κ2) is 11.1. The molecule has 0 saturated carbocycles. The highest BCUT2D eigenvalue weighted by Crippen LogP contribution is 2.35. The summed E-state index contributed by atoms with van der Waals surface area (Å²) in [5, 5.41) is 0. The van der Waals surface area contributed by atoms with E-state index in [-0.39, 0.29) is 0 Å². The molecule has 0 fully saturated rings. The third kappa shape index (κ3) is 7.10. The van der Waals surface area contributed by atoms with Crippen LogP contribution in [0.25, 0.3) is 0 Å². The molecule has 1 N–H and O–H groups in total. The summed E-state index contributed by atoms with van der Waals surface area (Å²) < 4.78 is 31.9. The fraction of sp³-hybridized carbons (Fsp3) is 0.800. The van der Waals surface area contributed by atoms with Crippen LogP contribution in [0.3, 0.4) is 0 Å². The molecule has 1 atom stereocenters. The van der Waals surface area contributed by atoms with Crippen molar-refractivity contribution in [2.75, 3.05) is 0 Å². The van der Waals surface area contributed by atoms with E-state index in [1.54, 1.807) is 12.2 Å². The molecule has 0 aromatic carbocycles. The zero-order valence-corrected chi connectivity index (χ0v) is 16.4. The maximum Gasteiger partial charge on any atom is 0.274 e. The van der Waals surface area contributed by atoms with Crippen molar-refractivity contribution in [3.63, 3.8) is 0 Å². The molecule has 1 aliphatic rings. The van der Waals surface area contributed by atoms with Crippen LogP contribution in [-0.2, 0) is 10.1 Å². The first-order valence-electron chi connectivity index (χ1n) is 9.79. The van der Waals surface area contributed by atoms with E-state index in [9.17, 15) is 13.0 Å². The fourth-order valence-electron chi connectivity index (χ4n) is 3.48. The second-order valence-corrected chi connectivity index (χ2v) is 8.95. The molecule has 0 aliphatic heterocycles. The van der Waals surface area contributed by atoms with Crippen molar-refractivity contribution < 1.29 is 13.0 Å². The predicted octanol–water partition coefficient (Wildman–Crippen LogP) is 6.22. The molecule has 0 aromatic heterocycles. The molecular weight excluding hydrogens is 320 g/mol. The van der Waals surface area contributed by atoms with Gasteiger partial charge in [-0.1, -0.05) is 95.4 Å². The standard InChI is InChI=1S/C20H36O3S/c1-3-5-6-7-8-9-10-11-12-13-15-19-16-14-17-20(4-2,18-19)24(21,22)23/h14,16-17H,3-13,15,18H2,1-2H3,(H,21,22,23). The van der Waals surface area contributed by atoms with Crippen LogP contribution < -0.4 is 0 Å². The molecule has 0 amide bonds. The zero-order chi connectivity index (χ0) is 17.9. The van der Waals surface area contributed by atoms with Crippen LogP contribution >= 0.6 is 0 Å². The van der Waals surface area contributed by atoms with Crippen LogP contribution in [0.4, 0.5) is 0 Å². The Balaban J connectivity index is 2.18. The Bertz CT molecular complexity index is 505. The van der Waals surface area contributed by atoms with Crippen molar-refractivity contribution in [2.24, 2.45) is 0 Å². The highest BCUT2D eigenvalue weighted by atomic mass is 32.2. The first-order chi connectivity index (χ1) is 11.4. The predicted molar refractivity (Wildman–Crippen MR) is 103 cm³/mol. The highest BCUT2D eigenvalue weighted by Gasteiger charge is 2.40. The maximum atomic E-state index is 11.7. The molecule has 0 saturated heterocycles. The Kier molecular flexibility index (Phi) is 9.91. The first-order valence-corrected chi connectivity index (χ1v) is 11.2. The third-order valence-electron chi connectivity index (χ3n) is 5.22. The topological polar surface area (TPSA) is 54.4 Å². The van der Waals surface area contributed by atoms with Crippen LogP contribution in [0, 0.1) is 0 Å². The summed E-state index contributed by atoms with van der Waals surface area (Å²) >= 11 is 0. The SMILES string of the molecule is CCCCCCCCCCCCC1=CC=CC(CC)(S(=O)(=O)O)C1. The van der Waals surface area contributed by atoms with Gasteiger partial charge in [-0.05, 0) is 25.7 Å². The summed E-state index contributed by atoms with van der Waals surface area (Å²) in [6.45, 7) is 4.07. The quantitative estimate of drug-likeness (QED) is 0.315. The number of unbranched alkanes of at least 4 members (excludes halogenated alkanes) is 9. The van der Waals surface area contributed by atoms with Gasteiger partial charge in [0.15, 0.2) is 0 Å². The van der Waals surface area contributed by atoms with Crippen molar-refractivity contribution >= 4 is 10.1 Å². The molecule has 140 valence electrons. The molecular formula is C20H36O3S. The lowest BCUT2D eigenvalue weighted by Crippen LogP contribution is -2.37. The molecule has 0 bridgehead atoms. The van der Waals surface area contributed by atoms with Crippen LogP contribution in [0.1, 0.15) is 97.3 Å². The van der Waals surface area contributed by atoms with Crippen molar-refractivity contribution in [3.8, 4) is 0 Å². The summed E-state index contributed by atoms with van der Waals surface area (Å²) in [5.41, 5.74) is 1.15. The highest BCUT2D eigenvalue weighted by molar-refractivity contribution is 7.87. The van der Waals surface area contributed by atoms with Crippen LogP contribution in [0.2, 0.25) is 0 Å². The number of rotatable bonds is 13. The van der Waals surface area contributed by atoms with Gasteiger partial charge in [0, 0.05) is 0 Å². The van der Waals surface area contributed by atoms with Gasteiger partial charge in [-0.2, -0.15) is 8.42 Å². The summed E-state index contributed by atoms with van der Waals surface area (Å²) in [6.07, 6.45) is 20.3. The Hall–Kier alpha value is -0.610. The van der Waals surface area contributed by atoms with Crippen LogP contribution in [0.5, 0.6) is 0 Å². The lowest BCUT2D eigenvalue weighted by Gasteiger charge is -2.29. The monoisotopic (exact) mass is 356 g/mol. The molecule has 24 heavy (non-hydrogen) atoms. The van der Waals surface area contributed by atoms with Crippen LogP contribution in [-0.4, -0.2) is 17.7 Å². The number of hydrogen-bond donors (Lipinski definition) is 1. The minimum atomic E-state index is -4.05. The Labute approximate surface area is 149 Å². The molecule has 0 spiro atoms. The van der Waals surface area contributed by atoms with Crippen molar-refractivity contribution in [3.05, 3.63) is 23.8 Å². The largest absolute Gasteiger partial charge is 0.285 e. The number of allylic oxidation sites excluding steroid dienone is 3. The molecule has 4 heteroatoms. The lowest BCUT2D eigenvalue weighted by molar-refractivity contribution is 0.435. The Morgan fingerprint density at radius 2 is 1.50 bits per heavy atom. The van der Waals surface area contributed by atoms with Gasteiger partial charge >= 0.3 is 0 Å². The van der Waals surface area contributed by atoms with Gasteiger partial charge < -0.3 is 0 Å². The molecule has 0 radical (unpaired) electrons. The van der Waals surface area contributed by atoms with Gasteiger partial charge in [0.1, 0.15) is 4.75 Å². The van der Waals surface area contributed by atoms with E-state index in [1.165, 1.54) is 57.8 Å². The number of hydrogen-bond acceptors (Lipinski definition) is 2. The summed E-state index contributed by atoms with van der Waals surface area (Å²) in [6, 6.07) is 0. The fourth-order valence-corrected chi connectivity index (χ4v) is 4.46. The zero-order valence-electron chi connectivity index (χ0n) is 15.6. The van der Waals surface area contributed by atoms with E-state index in [0.717, 1.165) is 18.4 Å². The Morgan fingerprint density at radius 3 is 2.00 bits per heavy atom. The molecule has 0 aromatic rings. The van der Waals surface area contributed by atoms with Gasteiger partial charge in [0.25, 0.3) is 10.1 Å². The van der Waals surface area contributed by atoms with E-state index in [1.807, 2.05) is 13.0 Å². The normalized spacial score (nSPS) is 21.0. The van der Waals surface area contributed by atoms with E-state index in [2.05, 4.69) is 6.92 Å². The van der Waals surface area contributed by atoms with Crippen molar-refractivity contribution in [1.82, 2.24) is 0 Å². The third-order valence-corrected chi connectivity index (χ3v) is 6.82. The second-order valence-electron chi connectivity index (χ2n) is 7.19. The molecule has 3 nitrogen and oxygen atoms in total. The van der Waals surface area contributed by atoms with Gasteiger partial charge in [0.05, 0.1) is 0 Å². The summed E-state index contributed by atoms with van der Waals surface area (Å²) in [7, 11) is -4.05. The molecule has 1 rings (SSSR count). The smallest absolute Gasteiger partial charge is 0.274 e. The van der Waals surface area contributed by atoms with E-state index in [0.29, 0.717) is 12.8 Å². The maximum absolute atomic E-state index is 11.7. The minimum Gasteiger partial charge on any atom is -0.285 e. The van der Waals surface area contributed by atoms with Gasteiger partial charge in [-0.25, -0.2) is 0 Å². The summed E-state index contributed by atoms with van der Waals surface area (Å²) in [5.74, 6) is 0. The van der Waals surface area contributed by atoms with Gasteiger partial charge in [-0.3, -0.25) is 4.55 Å². The molecule has 0 heterocycles. The van der Waals surface area contributed by atoms with E-state index < -0.39 is 14.9 Å². The van der Waals surface area contributed by atoms with Gasteiger partial charge in [0.2, 0.25) is 0 Å².